The molecule has 0 aliphatic carbocycles. The maximum absolute atomic E-state index is 13.4. The van der Waals surface area contributed by atoms with Gasteiger partial charge in [0, 0.05) is 23.2 Å². The van der Waals surface area contributed by atoms with E-state index in [1.54, 1.807) is 6.07 Å². The predicted octanol–water partition coefficient (Wildman–Crippen LogP) is 4.77. The van der Waals surface area contributed by atoms with E-state index in [0.29, 0.717) is 18.3 Å². The molecule has 0 N–H and O–H groups in total. The normalized spacial score (nSPS) is 10.1. The number of anilines is 2. The number of nitriles is 1. The third-order valence-corrected chi connectivity index (χ3v) is 3.60. The Bertz CT molecular complexity index is 608. The quantitative estimate of drug-likeness (QED) is 0.737. The molecule has 2 aromatic carbocycles. The summed E-state index contributed by atoms with van der Waals surface area (Å²) >= 11 is 3.39. The van der Waals surface area contributed by atoms with Crippen molar-refractivity contribution in [2.45, 2.75) is 11.8 Å². The number of benzene rings is 2. The van der Waals surface area contributed by atoms with Crippen LogP contribution in [0, 0.1) is 17.1 Å². The van der Waals surface area contributed by atoms with Gasteiger partial charge in [0.1, 0.15) is 5.82 Å². The van der Waals surface area contributed by atoms with Crippen LogP contribution in [0.5, 0.6) is 0 Å². The largest absolute Gasteiger partial charge is 0.340 e. The molecule has 102 valence electrons. The fourth-order valence-corrected chi connectivity index (χ4v) is 2.53. The van der Waals surface area contributed by atoms with Gasteiger partial charge in [-0.2, -0.15) is 5.26 Å². The molecule has 0 spiro atoms. The second-order valence-electron chi connectivity index (χ2n) is 4.30. The Morgan fingerprint density at radius 2 is 1.90 bits per heavy atom. The Morgan fingerprint density at radius 3 is 2.55 bits per heavy atom. The number of rotatable bonds is 5. The molecular formula is C16H14BrFN2. The van der Waals surface area contributed by atoms with E-state index in [9.17, 15) is 4.39 Å². The van der Waals surface area contributed by atoms with E-state index in [1.807, 2.05) is 35.2 Å². The molecule has 2 nitrogen and oxygen atoms in total. The molecule has 0 aliphatic rings. The zero-order valence-corrected chi connectivity index (χ0v) is 12.5. The number of alkyl halides is 1. The van der Waals surface area contributed by atoms with Crippen LogP contribution in [0.2, 0.25) is 0 Å². The molecule has 0 amide bonds. The molecule has 0 unspecified atom stereocenters. The van der Waals surface area contributed by atoms with Crippen LogP contribution < -0.4 is 4.90 Å². The first-order valence-electron chi connectivity index (χ1n) is 6.30. The zero-order valence-electron chi connectivity index (χ0n) is 10.9. The zero-order chi connectivity index (χ0) is 14.4. The van der Waals surface area contributed by atoms with Crippen LogP contribution in [0.4, 0.5) is 15.8 Å². The number of hydrogen-bond donors (Lipinski definition) is 0. The van der Waals surface area contributed by atoms with E-state index in [-0.39, 0.29) is 5.82 Å². The summed E-state index contributed by atoms with van der Waals surface area (Å²) in [5.41, 5.74) is 2.79. The summed E-state index contributed by atoms with van der Waals surface area (Å²) in [5.74, 6) is -0.253. The first-order valence-corrected chi connectivity index (χ1v) is 7.42. The molecule has 0 aliphatic heterocycles. The SMILES string of the molecule is N#CCCN(c1ccccc1)c1ccc(F)cc1CBr. The van der Waals surface area contributed by atoms with Gasteiger partial charge in [0.25, 0.3) is 0 Å². The van der Waals surface area contributed by atoms with Gasteiger partial charge in [-0.1, -0.05) is 34.1 Å². The third kappa shape index (κ3) is 3.37. The lowest BCUT2D eigenvalue weighted by atomic mass is 10.1. The lowest BCUT2D eigenvalue weighted by molar-refractivity contribution is 0.626. The van der Waals surface area contributed by atoms with Gasteiger partial charge in [0.05, 0.1) is 12.5 Å². The summed E-state index contributed by atoms with van der Waals surface area (Å²) in [7, 11) is 0. The summed E-state index contributed by atoms with van der Waals surface area (Å²) in [5, 5.41) is 9.40. The molecule has 4 heteroatoms. The van der Waals surface area contributed by atoms with Gasteiger partial charge in [-0.15, -0.1) is 0 Å². The van der Waals surface area contributed by atoms with E-state index in [4.69, 9.17) is 5.26 Å². The van der Waals surface area contributed by atoms with Gasteiger partial charge in [-0.05, 0) is 35.9 Å². The van der Waals surface area contributed by atoms with Crippen molar-refractivity contribution in [1.29, 1.82) is 5.26 Å². The van der Waals surface area contributed by atoms with Gasteiger partial charge in [-0.3, -0.25) is 0 Å². The van der Waals surface area contributed by atoms with Crippen molar-refractivity contribution < 1.29 is 4.39 Å². The molecule has 0 saturated heterocycles. The summed E-state index contributed by atoms with van der Waals surface area (Å²) in [6.07, 6.45) is 0.411. The summed E-state index contributed by atoms with van der Waals surface area (Å²) in [6.45, 7) is 0.576. The monoisotopic (exact) mass is 332 g/mol. The highest BCUT2D eigenvalue weighted by molar-refractivity contribution is 9.08. The molecule has 0 atom stereocenters. The topological polar surface area (TPSA) is 27.0 Å². The highest BCUT2D eigenvalue weighted by atomic mass is 79.9. The minimum absolute atomic E-state index is 0.253. The Hall–Kier alpha value is -1.86. The summed E-state index contributed by atoms with van der Waals surface area (Å²) in [4.78, 5) is 2.04. The first-order chi connectivity index (χ1) is 9.76. The van der Waals surface area contributed by atoms with E-state index in [0.717, 1.165) is 16.9 Å². The van der Waals surface area contributed by atoms with Crippen molar-refractivity contribution in [3.05, 3.63) is 59.9 Å². The van der Waals surface area contributed by atoms with E-state index in [2.05, 4.69) is 22.0 Å². The molecule has 0 radical (unpaired) electrons. The Labute approximate surface area is 126 Å². The fraction of sp³-hybridized carbons (Fsp3) is 0.188. The third-order valence-electron chi connectivity index (χ3n) is 2.99. The van der Waals surface area contributed by atoms with Crippen LogP contribution in [0.1, 0.15) is 12.0 Å². The minimum atomic E-state index is -0.253. The Kier molecular flexibility index (Phi) is 5.14. The average Bonchev–Trinajstić information content (AvgIpc) is 2.49. The molecule has 2 rings (SSSR count). The van der Waals surface area contributed by atoms with Gasteiger partial charge in [0.15, 0.2) is 0 Å². The Morgan fingerprint density at radius 1 is 1.15 bits per heavy atom. The van der Waals surface area contributed by atoms with E-state index < -0.39 is 0 Å². The predicted molar refractivity (Wildman–Crippen MR) is 82.7 cm³/mol. The number of nitrogens with zero attached hydrogens (tertiary/aromatic N) is 2. The van der Waals surface area contributed by atoms with Crippen LogP contribution in [0.25, 0.3) is 0 Å². The van der Waals surface area contributed by atoms with Gasteiger partial charge in [-0.25, -0.2) is 4.39 Å². The van der Waals surface area contributed by atoms with Crippen molar-refractivity contribution in [3.63, 3.8) is 0 Å². The molecule has 0 saturated carbocycles. The summed E-state index contributed by atoms with van der Waals surface area (Å²) in [6, 6.07) is 16.7. The average molecular weight is 333 g/mol. The molecular weight excluding hydrogens is 319 g/mol. The fourth-order valence-electron chi connectivity index (χ4n) is 2.08. The maximum Gasteiger partial charge on any atom is 0.123 e. The molecule has 0 aromatic heterocycles. The van der Waals surface area contributed by atoms with Crippen molar-refractivity contribution in [2.24, 2.45) is 0 Å². The standard InChI is InChI=1S/C16H14BrFN2/c17-12-13-11-14(18)7-8-16(13)20(10-4-9-19)15-5-2-1-3-6-15/h1-3,5-8,11H,4,10,12H2. The molecule has 0 fully saturated rings. The van der Waals surface area contributed by atoms with Crippen molar-refractivity contribution in [3.8, 4) is 6.07 Å². The van der Waals surface area contributed by atoms with Crippen LogP contribution in [-0.2, 0) is 5.33 Å². The van der Waals surface area contributed by atoms with Gasteiger partial charge in [0.2, 0.25) is 0 Å². The highest BCUT2D eigenvalue weighted by Gasteiger charge is 2.13. The molecule has 0 bridgehead atoms. The van der Waals surface area contributed by atoms with Crippen LogP contribution >= 0.6 is 15.9 Å². The van der Waals surface area contributed by atoms with E-state index >= 15 is 0 Å². The number of halogens is 2. The second-order valence-corrected chi connectivity index (χ2v) is 4.86. The first kappa shape index (κ1) is 14.5. The van der Waals surface area contributed by atoms with Crippen molar-refractivity contribution in [2.75, 3.05) is 11.4 Å². The van der Waals surface area contributed by atoms with Crippen molar-refractivity contribution >= 4 is 27.3 Å². The van der Waals surface area contributed by atoms with Crippen LogP contribution in [-0.4, -0.2) is 6.54 Å². The van der Waals surface area contributed by atoms with E-state index in [1.165, 1.54) is 12.1 Å². The van der Waals surface area contributed by atoms with Crippen molar-refractivity contribution in [1.82, 2.24) is 0 Å². The van der Waals surface area contributed by atoms with Crippen LogP contribution in [0.15, 0.2) is 48.5 Å². The maximum atomic E-state index is 13.4. The van der Waals surface area contributed by atoms with Gasteiger partial charge < -0.3 is 4.90 Å². The highest BCUT2D eigenvalue weighted by Crippen LogP contribution is 2.30. The lowest BCUT2D eigenvalue weighted by Crippen LogP contribution is -2.19. The number of hydrogen-bond acceptors (Lipinski definition) is 2. The number of para-hydroxylation sites is 1. The molecule has 20 heavy (non-hydrogen) atoms. The second kappa shape index (κ2) is 7.06. The molecule has 2 aromatic rings. The lowest BCUT2D eigenvalue weighted by Gasteiger charge is -2.26. The van der Waals surface area contributed by atoms with Gasteiger partial charge >= 0.3 is 0 Å². The summed E-state index contributed by atoms with van der Waals surface area (Å²) < 4.78 is 13.4. The Balaban J connectivity index is 2.44. The molecule has 0 heterocycles. The van der Waals surface area contributed by atoms with Crippen LogP contribution in [0.3, 0.4) is 0 Å². The smallest absolute Gasteiger partial charge is 0.123 e. The minimum Gasteiger partial charge on any atom is -0.340 e.